The maximum absolute atomic E-state index is 13.0. The number of carbonyl (C=O) groups is 1. The molecule has 2 aromatic carbocycles. The number of benzene rings is 2. The third-order valence-corrected chi connectivity index (χ3v) is 4.96. The first-order chi connectivity index (χ1) is 15.6. The van der Waals surface area contributed by atoms with E-state index in [4.69, 9.17) is 15.2 Å². The minimum absolute atomic E-state index is 0.158. The lowest BCUT2D eigenvalue weighted by molar-refractivity contribution is 0.0951. The topological polar surface area (TPSA) is 117 Å². The maximum Gasteiger partial charge on any atom is 0.257 e. The molecule has 9 heteroatoms. The van der Waals surface area contributed by atoms with Gasteiger partial charge >= 0.3 is 0 Å². The number of hydrogen-bond acceptors (Lipinski definition) is 7. The summed E-state index contributed by atoms with van der Waals surface area (Å²) in [5.41, 5.74) is 9.53. The molecule has 0 fully saturated rings. The van der Waals surface area contributed by atoms with Gasteiger partial charge in [0.2, 0.25) is 0 Å². The van der Waals surface area contributed by atoms with Crippen LogP contribution in [0.5, 0.6) is 5.75 Å². The Kier molecular flexibility index (Phi) is 6.27. The number of aromatic nitrogens is 3. The van der Waals surface area contributed by atoms with Crippen LogP contribution in [0.3, 0.4) is 0 Å². The standard InChI is InChI=1S/C23H24N6O3/c1-31-13-7-12-25-23(30)19-20-22(28-17-10-5-4-9-16(17)27-20)29(21(19)24)26-14-15-8-3-6-11-18(15)32-2/h3-6,8-11,14H,7,12-13,24H2,1-2H3,(H,25,30)/b26-14-. The second-order valence-corrected chi connectivity index (χ2v) is 7.05. The third-order valence-electron chi connectivity index (χ3n) is 4.96. The van der Waals surface area contributed by atoms with Gasteiger partial charge in [0.1, 0.15) is 22.6 Å². The molecule has 2 heterocycles. The van der Waals surface area contributed by atoms with Crippen molar-refractivity contribution < 1.29 is 14.3 Å². The Balaban J connectivity index is 1.82. The van der Waals surface area contributed by atoms with Crippen molar-refractivity contribution >= 4 is 40.1 Å². The highest BCUT2D eigenvalue weighted by molar-refractivity contribution is 6.10. The van der Waals surface area contributed by atoms with Crippen molar-refractivity contribution in [2.45, 2.75) is 6.42 Å². The quantitative estimate of drug-likeness (QED) is 0.327. The fraction of sp³-hybridized carbons (Fsp3) is 0.217. The Hall–Kier alpha value is -3.98. The summed E-state index contributed by atoms with van der Waals surface area (Å²) in [6.45, 7) is 0.995. The lowest BCUT2D eigenvalue weighted by Gasteiger charge is -2.05. The Bertz CT molecular complexity index is 1300. The van der Waals surface area contributed by atoms with Crippen molar-refractivity contribution in [2.75, 3.05) is 33.1 Å². The van der Waals surface area contributed by atoms with Crippen LogP contribution in [0, 0.1) is 0 Å². The van der Waals surface area contributed by atoms with Gasteiger partial charge in [-0.3, -0.25) is 4.79 Å². The van der Waals surface area contributed by atoms with E-state index in [1.807, 2.05) is 48.5 Å². The van der Waals surface area contributed by atoms with Gasteiger partial charge in [-0.05, 0) is 30.7 Å². The molecule has 9 nitrogen and oxygen atoms in total. The summed E-state index contributed by atoms with van der Waals surface area (Å²) in [6.07, 6.45) is 2.30. The summed E-state index contributed by atoms with van der Waals surface area (Å²) >= 11 is 0. The second kappa shape index (κ2) is 9.44. The minimum atomic E-state index is -0.334. The predicted octanol–water partition coefficient (Wildman–Crippen LogP) is 2.82. The first-order valence-electron chi connectivity index (χ1n) is 10.1. The molecule has 0 atom stereocenters. The number of nitrogens with two attached hydrogens (primary N) is 1. The number of fused-ring (bicyclic) bond motifs is 2. The molecule has 0 aliphatic rings. The van der Waals surface area contributed by atoms with Gasteiger partial charge < -0.3 is 20.5 Å². The number of nitrogens with zero attached hydrogens (tertiary/aromatic N) is 4. The Morgan fingerprint density at radius 2 is 1.84 bits per heavy atom. The normalized spacial score (nSPS) is 11.4. The van der Waals surface area contributed by atoms with E-state index in [2.05, 4.69) is 20.4 Å². The predicted molar refractivity (Wildman–Crippen MR) is 124 cm³/mol. The molecular weight excluding hydrogens is 408 g/mol. The average molecular weight is 432 g/mol. The number of para-hydroxylation sites is 3. The number of anilines is 1. The number of rotatable bonds is 8. The number of ether oxygens (including phenoxy) is 2. The molecular formula is C23H24N6O3. The monoisotopic (exact) mass is 432 g/mol. The van der Waals surface area contributed by atoms with Gasteiger partial charge in [-0.25, -0.2) is 9.97 Å². The van der Waals surface area contributed by atoms with E-state index >= 15 is 0 Å². The van der Waals surface area contributed by atoms with Crippen LogP contribution in [0.15, 0.2) is 53.6 Å². The van der Waals surface area contributed by atoms with Crippen molar-refractivity contribution in [3.05, 3.63) is 59.7 Å². The molecule has 2 aromatic heterocycles. The van der Waals surface area contributed by atoms with Crippen LogP contribution in [0.2, 0.25) is 0 Å². The number of hydrogen-bond donors (Lipinski definition) is 2. The first-order valence-corrected chi connectivity index (χ1v) is 10.1. The fourth-order valence-corrected chi connectivity index (χ4v) is 3.39. The van der Waals surface area contributed by atoms with Crippen molar-refractivity contribution in [2.24, 2.45) is 5.10 Å². The number of nitrogen functional groups attached to an aromatic ring is 1. The number of nitrogens with one attached hydrogen (secondary N) is 1. The van der Waals surface area contributed by atoms with E-state index in [-0.39, 0.29) is 17.3 Å². The Labute approximate surface area is 184 Å². The summed E-state index contributed by atoms with van der Waals surface area (Å²) < 4.78 is 11.9. The Morgan fingerprint density at radius 1 is 1.12 bits per heavy atom. The van der Waals surface area contributed by atoms with Gasteiger partial charge in [-0.2, -0.15) is 9.78 Å². The number of methoxy groups -OCH3 is 2. The summed E-state index contributed by atoms with van der Waals surface area (Å²) in [6, 6.07) is 14.9. The summed E-state index contributed by atoms with van der Waals surface area (Å²) in [4.78, 5) is 22.3. The average Bonchev–Trinajstić information content (AvgIpc) is 3.09. The SMILES string of the molecule is COCCCNC(=O)c1c(N)n(/N=C\c2ccccc2OC)c2nc3ccccc3nc12. The molecule has 0 aliphatic heterocycles. The lowest BCUT2D eigenvalue weighted by Crippen LogP contribution is -2.26. The lowest BCUT2D eigenvalue weighted by atomic mass is 10.2. The van der Waals surface area contributed by atoms with Crippen LogP contribution < -0.4 is 15.8 Å². The summed E-state index contributed by atoms with van der Waals surface area (Å²) in [5.74, 6) is 0.490. The highest BCUT2D eigenvalue weighted by Crippen LogP contribution is 2.28. The maximum atomic E-state index is 13.0. The third kappa shape index (κ3) is 4.10. The zero-order valence-corrected chi connectivity index (χ0v) is 17.9. The molecule has 0 aliphatic carbocycles. The van der Waals surface area contributed by atoms with Crippen molar-refractivity contribution in [1.29, 1.82) is 0 Å². The van der Waals surface area contributed by atoms with Gasteiger partial charge in [0.05, 0.1) is 24.4 Å². The van der Waals surface area contributed by atoms with Crippen LogP contribution >= 0.6 is 0 Å². The molecule has 0 saturated heterocycles. The van der Waals surface area contributed by atoms with Crippen LogP contribution in [0.4, 0.5) is 5.82 Å². The van der Waals surface area contributed by atoms with Crippen LogP contribution in [0.25, 0.3) is 22.2 Å². The van der Waals surface area contributed by atoms with Crippen LogP contribution in [-0.2, 0) is 4.74 Å². The number of amides is 1. The van der Waals surface area contributed by atoms with Crippen molar-refractivity contribution in [1.82, 2.24) is 20.0 Å². The first kappa shape index (κ1) is 21.3. The molecule has 1 amide bonds. The van der Waals surface area contributed by atoms with Gasteiger partial charge in [0.25, 0.3) is 5.91 Å². The highest BCUT2D eigenvalue weighted by Gasteiger charge is 2.23. The zero-order valence-electron chi connectivity index (χ0n) is 17.9. The van der Waals surface area contributed by atoms with E-state index in [9.17, 15) is 4.79 Å². The van der Waals surface area contributed by atoms with Crippen LogP contribution in [0.1, 0.15) is 22.3 Å². The molecule has 0 unspecified atom stereocenters. The molecule has 3 N–H and O–H groups in total. The van der Waals surface area contributed by atoms with Gasteiger partial charge in [-0.1, -0.05) is 24.3 Å². The van der Waals surface area contributed by atoms with Crippen molar-refractivity contribution in [3.8, 4) is 5.75 Å². The summed E-state index contributed by atoms with van der Waals surface area (Å²) in [7, 11) is 3.21. The Morgan fingerprint density at radius 3 is 2.59 bits per heavy atom. The minimum Gasteiger partial charge on any atom is -0.496 e. The van der Waals surface area contributed by atoms with Crippen molar-refractivity contribution in [3.63, 3.8) is 0 Å². The van der Waals surface area contributed by atoms with E-state index in [1.165, 1.54) is 4.68 Å². The highest BCUT2D eigenvalue weighted by atomic mass is 16.5. The number of carbonyl (C=O) groups excluding carboxylic acids is 1. The molecule has 0 radical (unpaired) electrons. The van der Waals surface area contributed by atoms with Gasteiger partial charge in [0.15, 0.2) is 5.65 Å². The fourth-order valence-electron chi connectivity index (χ4n) is 3.39. The van der Waals surface area contributed by atoms with E-state index in [0.29, 0.717) is 47.5 Å². The molecule has 164 valence electrons. The largest absolute Gasteiger partial charge is 0.496 e. The molecule has 0 spiro atoms. The van der Waals surface area contributed by atoms with Gasteiger partial charge in [-0.15, -0.1) is 0 Å². The molecule has 0 saturated carbocycles. The van der Waals surface area contributed by atoms with E-state index < -0.39 is 0 Å². The molecule has 4 rings (SSSR count). The van der Waals surface area contributed by atoms with E-state index in [0.717, 1.165) is 5.56 Å². The molecule has 0 bridgehead atoms. The van der Waals surface area contributed by atoms with Crippen LogP contribution in [-0.4, -0.2) is 54.1 Å². The molecule has 4 aromatic rings. The zero-order chi connectivity index (χ0) is 22.5. The smallest absolute Gasteiger partial charge is 0.257 e. The van der Waals surface area contributed by atoms with Gasteiger partial charge in [0, 0.05) is 25.8 Å². The summed E-state index contributed by atoms with van der Waals surface area (Å²) in [5, 5.41) is 7.38. The second-order valence-electron chi connectivity index (χ2n) is 7.05. The molecule has 32 heavy (non-hydrogen) atoms. The van der Waals surface area contributed by atoms with E-state index in [1.54, 1.807) is 20.4 Å².